The first-order valence-electron chi connectivity index (χ1n) is 15.5. The van der Waals surface area contributed by atoms with Gasteiger partial charge in [-0.2, -0.15) is 8.78 Å². The SMILES string of the molecule is COc1cc(-c2cnc3cc(OC[C@@H]4CCN(CCO[Si](C)(C)C(C)(C)C)C4)ccn23)cc(OC(F)F)c1C(=O)CC1CC1. The Morgan fingerprint density at radius 1 is 1.11 bits per heavy atom. The number of alkyl halides is 2. The third kappa shape index (κ3) is 7.60. The highest BCUT2D eigenvalue weighted by Crippen LogP contribution is 2.41. The molecule has 2 aliphatic rings. The van der Waals surface area contributed by atoms with E-state index in [1.807, 2.05) is 22.7 Å². The number of imidazole rings is 1. The molecule has 11 heteroatoms. The normalized spacial score (nSPS) is 17.9. The van der Waals surface area contributed by atoms with Crippen molar-refractivity contribution < 1.29 is 32.2 Å². The highest BCUT2D eigenvalue weighted by molar-refractivity contribution is 6.74. The maximum Gasteiger partial charge on any atom is 0.387 e. The number of halogens is 2. The molecule has 1 saturated heterocycles. The molecule has 3 heterocycles. The van der Waals surface area contributed by atoms with Crippen LogP contribution in [0.1, 0.15) is 56.8 Å². The van der Waals surface area contributed by atoms with Crippen molar-refractivity contribution in [2.75, 3.05) is 40.0 Å². The van der Waals surface area contributed by atoms with Gasteiger partial charge in [-0.05, 0) is 68.1 Å². The van der Waals surface area contributed by atoms with Gasteiger partial charge in [-0.1, -0.05) is 20.8 Å². The molecule has 1 saturated carbocycles. The summed E-state index contributed by atoms with van der Waals surface area (Å²) in [5, 5.41) is 0.212. The Morgan fingerprint density at radius 3 is 2.55 bits per heavy atom. The predicted molar refractivity (Wildman–Crippen MR) is 169 cm³/mol. The van der Waals surface area contributed by atoms with Gasteiger partial charge in [0.25, 0.3) is 0 Å². The fourth-order valence-corrected chi connectivity index (χ4v) is 6.46. The summed E-state index contributed by atoms with van der Waals surface area (Å²) < 4.78 is 51.5. The number of nitrogens with zero attached hydrogens (tertiary/aromatic N) is 3. The van der Waals surface area contributed by atoms with Crippen LogP contribution in [-0.4, -0.2) is 75.0 Å². The summed E-state index contributed by atoms with van der Waals surface area (Å²) in [4.78, 5) is 20.0. The lowest BCUT2D eigenvalue weighted by molar-refractivity contribution is -0.0502. The molecule has 44 heavy (non-hydrogen) atoms. The van der Waals surface area contributed by atoms with Gasteiger partial charge in [-0.25, -0.2) is 4.98 Å². The molecule has 8 nitrogen and oxygen atoms in total. The van der Waals surface area contributed by atoms with E-state index in [1.54, 1.807) is 12.3 Å². The first kappa shape index (κ1) is 32.4. The molecular formula is C33H45F2N3O5Si. The van der Waals surface area contributed by atoms with Crippen molar-refractivity contribution in [2.45, 2.75) is 71.2 Å². The highest BCUT2D eigenvalue weighted by atomic mass is 28.4. The molecule has 0 radical (unpaired) electrons. The summed E-state index contributed by atoms with van der Waals surface area (Å²) in [5.74, 6) is 1.21. The van der Waals surface area contributed by atoms with Crippen molar-refractivity contribution in [1.82, 2.24) is 14.3 Å². The first-order valence-corrected chi connectivity index (χ1v) is 18.4. The number of benzene rings is 1. The number of pyridine rings is 1. The Hall–Kier alpha value is -3.02. The number of Topliss-reactive ketones (excluding diaryl/α,β-unsaturated/α-hetero) is 1. The average molecular weight is 630 g/mol. The molecule has 3 aromatic rings. The van der Waals surface area contributed by atoms with E-state index >= 15 is 0 Å². The van der Waals surface area contributed by atoms with Gasteiger partial charge in [0.15, 0.2) is 14.1 Å². The van der Waals surface area contributed by atoms with Crippen LogP contribution >= 0.6 is 0 Å². The van der Waals surface area contributed by atoms with Crippen LogP contribution in [0.4, 0.5) is 8.78 Å². The minimum atomic E-state index is -3.08. The molecule has 0 N–H and O–H groups in total. The molecule has 0 spiro atoms. The largest absolute Gasteiger partial charge is 0.496 e. The minimum Gasteiger partial charge on any atom is -0.496 e. The Labute approximate surface area is 259 Å². The van der Waals surface area contributed by atoms with E-state index in [-0.39, 0.29) is 34.3 Å². The van der Waals surface area contributed by atoms with Crippen LogP contribution in [0.2, 0.25) is 18.1 Å². The van der Waals surface area contributed by atoms with Gasteiger partial charge in [0.1, 0.15) is 28.5 Å². The lowest BCUT2D eigenvalue weighted by Gasteiger charge is -2.36. The molecule has 1 aromatic carbocycles. The quantitative estimate of drug-likeness (QED) is 0.137. The van der Waals surface area contributed by atoms with Crippen LogP contribution in [-0.2, 0) is 4.43 Å². The van der Waals surface area contributed by atoms with Crippen LogP contribution in [0, 0.1) is 11.8 Å². The van der Waals surface area contributed by atoms with E-state index < -0.39 is 14.9 Å². The van der Waals surface area contributed by atoms with E-state index in [0.29, 0.717) is 35.3 Å². The molecule has 240 valence electrons. The summed E-state index contributed by atoms with van der Waals surface area (Å²) in [6.45, 7) is 12.6. The zero-order valence-corrected chi connectivity index (χ0v) is 27.7. The molecule has 1 aliphatic heterocycles. The van der Waals surface area contributed by atoms with Gasteiger partial charge in [-0.3, -0.25) is 9.20 Å². The highest BCUT2D eigenvalue weighted by Gasteiger charge is 2.37. The number of fused-ring (bicyclic) bond motifs is 1. The molecule has 0 bridgehead atoms. The second-order valence-electron chi connectivity index (χ2n) is 13.6. The van der Waals surface area contributed by atoms with Crippen LogP contribution in [0.5, 0.6) is 17.2 Å². The average Bonchev–Trinajstić information content (AvgIpc) is 3.48. The number of hydrogen-bond acceptors (Lipinski definition) is 7. The monoisotopic (exact) mass is 629 g/mol. The zero-order valence-electron chi connectivity index (χ0n) is 26.7. The van der Waals surface area contributed by atoms with E-state index in [1.165, 1.54) is 13.2 Å². The summed E-state index contributed by atoms with van der Waals surface area (Å²) in [6, 6.07) is 6.88. The number of rotatable bonds is 14. The van der Waals surface area contributed by atoms with Crippen molar-refractivity contribution in [3.8, 4) is 28.5 Å². The topological polar surface area (TPSA) is 74.5 Å². The molecular weight excluding hydrogens is 584 g/mol. The zero-order chi connectivity index (χ0) is 31.6. The van der Waals surface area contributed by atoms with E-state index in [0.717, 1.165) is 51.3 Å². The minimum absolute atomic E-state index is 0.0570. The van der Waals surface area contributed by atoms with E-state index in [2.05, 4.69) is 43.7 Å². The van der Waals surface area contributed by atoms with Crippen LogP contribution < -0.4 is 14.2 Å². The molecule has 2 aromatic heterocycles. The number of carbonyl (C=O) groups excluding carboxylic acids is 1. The van der Waals surface area contributed by atoms with Gasteiger partial charge in [0, 0.05) is 49.9 Å². The first-order chi connectivity index (χ1) is 20.8. The second-order valence-corrected chi connectivity index (χ2v) is 18.4. The van der Waals surface area contributed by atoms with Crippen molar-refractivity contribution in [2.24, 2.45) is 11.8 Å². The Bertz CT molecular complexity index is 1470. The smallest absolute Gasteiger partial charge is 0.387 e. The number of likely N-dealkylation sites (tertiary alicyclic amines) is 1. The van der Waals surface area contributed by atoms with Gasteiger partial charge in [-0.15, -0.1) is 0 Å². The third-order valence-electron chi connectivity index (χ3n) is 9.26. The Balaban J connectivity index is 1.23. The van der Waals surface area contributed by atoms with E-state index in [9.17, 15) is 13.6 Å². The van der Waals surface area contributed by atoms with Crippen LogP contribution in [0.3, 0.4) is 0 Å². The van der Waals surface area contributed by atoms with Gasteiger partial charge >= 0.3 is 6.61 Å². The number of ether oxygens (including phenoxy) is 3. The number of methoxy groups -OCH3 is 1. The standard InChI is InChI=1S/C33H45F2N3O5Si/c1-33(2,3)44(5,6)42-14-13-37-11-9-23(20-37)21-41-25-10-12-38-26(19-36-30(38)18-25)24-16-28(40-4)31(27(39)15-22-7-8-22)29(17-24)43-32(34)35/h10,12,16-19,22-23,32H,7-9,11,13-15,20-21H2,1-6H3/t23-/m1/s1. The van der Waals surface area contributed by atoms with Crippen LogP contribution in [0.15, 0.2) is 36.7 Å². The number of hydrogen-bond donors (Lipinski definition) is 0. The predicted octanol–water partition coefficient (Wildman–Crippen LogP) is 7.32. The van der Waals surface area contributed by atoms with Crippen LogP contribution in [0.25, 0.3) is 16.9 Å². The fraction of sp³-hybridized carbons (Fsp3) is 0.576. The maximum absolute atomic E-state index is 13.4. The Kier molecular flexibility index (Phi) is 9.67. The summed E-state index contributed by atoms with van der Waals surface area (Å²) in [5.41, 5.74) is 1.90. The number of ketones is 1. The van der Waals surface area contributed by atoms with Gasteiger partial charge < -0.3 is 23.5 Å². The van der Waals surface area contributed by atoms with Crippen molar-refractivity contribution >= 4 is 19.7 Å². The van der Waals surface area contributed by atoms with Crippen molar-refractivity contribution in [3.05, 3.63) is 42.2 Å². The lowest BCUT2D eigenvalue weighted by Crippen LogP contribution is -2.42. The molecule has 0 amide bonds. The molecule has 5 rings (SSSR count). The van der Waals surface area contributed by atoms with E-state index in [4.69, 9.17) is 18.6 Å². The van der Waals surface area contributed by atoms with Crippen molar-refractivity contribution in [1.29, 1.82) is 0 Å². The Morgan fingerprint density at radius 2 is 1.86 bits per heavy atom. The molecule has 0 unspecified atom stereocenters. The number of carbonyl (C=O) groups is 1. The second kappa shape index (κ2) is 13.1. The van der Waals surface area contributed by atoms with Gasteiger partial charge in [0.2, 0.25) is 0 Å². The third-order valence-corrected chi connectivity index (χ3v) is 13.8. The number of aromatic nitrogens is 2. The molecule has 1 aliphatic carbocycles. The summed E-state index contributed by atoms with van der Waals surface area (Å²) in [6.07, 6.45) is 6.82. The maximum atomic E-state index is 13.4. The molecule has 2 fully saturated rings. The summed E-state index contributed by atoms with van der Waals surface area (Å²) >= 11 is 0. The summed E-state index contributed by atoms with van der Waals surface area (Å²) in [7, 11) is -0.316. The lowest BCUT2D eigenvalue weighted by atomic mass is 10.00. The van der Waals surface area contributed by atoms with Crippen molar-refractivity contribution in [3.63, 3.8) is 0 Å². The van der Waals surface area contributed by atoms with Gasteiger partial charge in [0.05, 0.1) is 25.6 Å². The fourth-order valence-electron chi connectivity index (χ4n) is 5.43. The molecule has 1 atom stereocenters.